The maximum Gasteiger partial charge on any atom is 0.0673 e. The fourth-order valence-corrected chi connectivity index (χ4v) is 2.25. The van der Waals surface area contributed by atoms with Crippen LogP contribution in [0, 0.1) is 13.8 Å². The Bertz CT molecular complexity index is 506. The molecule has 0 saturated heterocycles. The van der Waals surface area contributed by atoms with Crippen LogP contribution >= 0.6 is 11.6 Å². The third-order valence-corrected chi connectivity index (χ3v) is 3.60. The van der Waals surface area contributed by atoms with Gasteiger partial charge in [0.1, 0.15) is 0 Å². The highest BCUT2D eigenvalue weighted by Gasteiger charge is 2.10. The lowest BCUT2D eigenvalue weighted by Crippen LogP contribution is -1.99. The number of benzene rings is 2. The summed E-state index contributed by atoms with van der Waals surface area (Å²) in [5.41, 5.74) is 11.4. The number of nitrogens with two attached hydrogens (primary N) is 1. The molecule has 0 unspecified atom stereocenters. The summed E-state index contributed by atoms with van der Waals surface area (Å²) in [5.74, 6) is 0. The lowest BCUT2D eigenvalue weighted by atomic mass is 9.96. The number of nitrogen functional groups attached to an aromatic ring is 1. The van der Waals surface area contributed by atoms with Gasteiger partial charge in [-0.15, -0.1) is 0 Å². The fraction of sp³-hybridized carbons (Fsp3) is 0.200. The highest BCUT2D eigenvalue weighted by atomic mass is 35.5. The molecular weight excluding hydrogens is 230 g/mol. The van der Waals surface area contributed by atoms with E-state index in [0.717, 1.165) is 12.0 Å². The predicted molar refractivity (Wildman–Crippen MR) is 74.6 cm³/mol. The fourth-order valence-electron chi connectivity index (χ4n) is 1.99. The molecule has 17 heavy (non-hydrogen) atoms. The van der Waals surface area contributed by atoms with Gasteiger partial charge >= 0.3 is 0 Å². The molecule has 0 aliphatic rings. The van der Waals surface area contributed by atoms with Crippen LogP contribution in [0.1, 0.15) is 22.3 Å². The molecular formula is C15H16ClN. The predicted octanol–water partition coefficient (Wildman–Crippen LogP) is 4.13. The van der Waals surface area contributed by atoms with Crippen molar-refractivity contribution >= 4 is 17.3 Å². The van der Waals surface area contributed by atoms with Crippen molar-refractivity contribution in [1.29, 1.82) is 0 Å². The van der Waals surface area contributed by atoms with Gasteiger partial charge in [-0.1, -0.05) is 41.9 Å². The second-order valence-corrected chi connectivity index (χ2v) is 4.74. The maximum atomic E-state index is 6.30. The van der Waals surface area contributed by atoms with E-state index in [4.69, 9.17) is 17.3 Å². The number of anilines is 1. The lowest BCUT2D eigenvalue weighted by molar-refractivity contribution is 1.14. The van der Waals surface area contributed by atoms with Gasteiger partial charge in [0.05, 0.1) is 10.7 Å². The summed E-state index contributed by atoms with van der Waals surface area (Å²) in [5, 5.41) is 0.692. The minimum atomic E-state index is 0.667. The first-order chi connectivity index (χ1) is 8.09. The molecule has 0 atom stereocenters. The monoisotopic (exact) mass is 245 g/mol. The molecule has 0 aromatic heterocycles. The van der Waals surface area contributed by atoms with Gasteiger partial charge in [-0.3, -0.25) is 0 Å². The largest absolute Gasteiger partial charge is 0.398 e. The maximum absolute atomic E-state index is 6.30. The average molecular weight is 246 g/mol. The highest BCUT2D eigenvalue weighted by Crippen LogP contribution is 2.30. The van der Waals surface area contributed by atoms with Crippen molar-refractivity contribution in [3.63, 3.8) is 0 Å². The van der Waals surface area contributed by atoms with Gasteiger partial charge in [0.2, 0.25) is 0 Å². The molecule has 0 heterocycles. The van der Waals surface area contributed by atoms with Crippen LogP contribution in [0.5, 0.6) is 0 Å². The summed E-state index contributed by atoms with van der Waals surface area (Å²) in [6.07, 6.45) is 0.831. The minimum absolute atomic E-state index is 0.667. The van der Waals surface area contributed by atoms with Crippen molar-refractivity contribution in [2.24, 2.45) is 0 Å². The minimum Gasteiger partial charge on any atom is -0.398 e. The highest BCUT2D eigenvalue weighted by molar-refractivity contribution is 6.34. The zero-order valence-electron chi connectivity index (χ0n) is 10.1. The summed E-state index contributed by atoms with van der Waals surface area (Å²) < 4.78 is 0. The first-order valence-electron chi connectivity index (χ1n) is 5.67. The second kappa shape index (κ2) is 4.80. The summed E-state index contributed by atoms with van der Waals surface area (Å²) in [7, 11) is 0. The SMILES string of the molecule is Cc1cc(N)c(Cl)c(Cc2ccccc2)c1C. The van der Waals surface area contributed by atoms with Crippen molar-refractivity contribution in [3.8, 4) is 0 Å². The Labute approximate surface area is 107 Å². The molecule has 0 aliphatic heterocycles. The normalized spacial score (nSPS) is 10.5. The van der Waals surface area contributed by atoms with E-state index in [1.807, 2.05) is 24.3 Å². The Morgan fingerprint density at radius 1 is 1.12 bits per heavy atom. The first kappa shape index (κ1) is 12.0. The topological polar surface area (TPSA) is 26.0 Å². The quantitative estimate of drug-likeness (QED) is 0.791. The summed E-state index contributed by atoms with van der Waals surface area (Å²) in [4.78, 5) is 0. The average Bonchev–Trinajstić information content (AvgIpc) is 2.33. The molecule has 0 bridgehead atoms. The second-order valence-electron chi connectivity index (χ2n) is 4.36. The van der Waals surface area contributed by atoms with Gasteiger partial charge in [-0.25, -0.2) is 0 Å². The molecule has 0 saturated carbocycles. The van der Waals surface area contributed by atoms with Crippen LogP contribution in [-0.4, -0.2) is 0 Å². The summed E-state index contributed by atoms with van der Waals surface area (Å²) in [6, 6.07) is 12.2. The summed E-state index contributed by atoms with van der Waals surface area (Å²) >= 11 is 6.30. The van der Waals surface area contributed by atoms with Gasteiger partial charge in [0, 0.05) is 0 Å². The molecule has 88 valence electrons. The van der Waals surface area contributed by atoms with Crippen LogP contribution in [0.4, 0.5) is 5.69 Å². The molecule has 0 fully saturated rings. The van der Waals surface area contributed by atoms with E-state index in [-0.39, 0.29) is 0 Å². The Morgan fingerprint density at radius 3 is 2.41 bits per heavy atom. The van der Waals surface area contributed by atoms with Crippen molar-refractivity contribution in [2.75, 3.05) is 5.73 Å². The van der Waals surface area contributed by atoms with E-state index >= 15 is 0 Å². The number of hydrogen-bond donors (Lipinski definition) is 1. The van der Waals surface area contributed by atoms with Crippen LogP contribution in [0.2, 0.25) is 5.02 Å². The first-order valence-corrected chi connectivity index (χ1v) is 6.05. The summed E-state index contributed by atoms with van der Waals surface area (Å²) in [6.45, 7) is 4.16. The molecule has 0 radical (unpaired) electrons. The molecule has 2 aromatic rings. The molecule has 0 aliphatic carbocycles. The van der Waals surface area contributed by atoms with E-state index in [1.165, 1.54) is 16.7 Å². The smallest absolute Gasteiger partial charge is 0.0673 e. The zero-order chi connectivity index (χ0) is 12.4. The van der Waals surface area contributed by atoms with Gasteiger partial charge < -0.3 is 5.73 Å². The zero-order valence-corrected chi connectivity index (χ0v) is 10.9. The third-order valence-electron chi connectivity index (χ3n) is 3.16. The number of halogens is 1. The van der Waals surface area contributed by atoms with Crippen LogP contribution in [0.25, 0.3) is 0 Å². The Balaban J connectivity index is 2.46. The molecule has 1 nitrogen and oxygen atoms in total. The van der Waals surface area contributed by atoms with Crippen molar-refractivity contribution in [2.45, 2.75) is 20.3 Å². The van der Waals surface area contributed by atoms with E-state index in [9.17, 15) is 0 Å². The molecule has 2 rings (SSSR count). The van der Waals surface area contributed by atoms with Crippen LogP contribution in [0.15, 0.2) is 36.4 Å². The van der Waals surface area contributed by atoms with E-state index in [2.05, 4.69) is 26.0 Å². The van der Waals surface area contributed by atoms with Crippen LogP contribution in [-0.2, 0) is 6.42 Å². The third kappa shape index (κ3) is 2.45. The molecule has 2 heteroatoms. The van der Waals surface area contributed by atoms with Crippen LogP contribution in [0.3, 0.4) is 0 Å². The van der Waals surface area contributed by atoms with Gasteiger partial charge in [-0.05, 0) is 48.6 Å². The Morgan fingerprint density at radius 2 is 1.76 bits per heavy atom. The van der Waals surface area contributed by atoms with Crippen molar-refractivity contribution in [3.05, 3.63) is 63.7 Å². The van der Waals surface area contributed by atoms with Gasteiger partial charge in [-0.2, -0.15) is 0 Å². The van der Waals surface area contributed by atoms with Crippen LogP contribution < -0.4 is 5.73 Å². The van der Waals surface area contributed by atoms with Gasteiger partial charge in [0.25, 0.3) is 0 Å². The Hall–Kier alpha value is -1.47. The number of hydrogen-bond acceptors (Lipinski definition) is 1. The van der Waals surface area contributed by atoms with E-state index in [0.29, 0.717) is 10.7 Å². The van der Waals surface area contributed by atoms with Crippen molar-refractivity contribution in [1.82, 2.24) is 0 Å². The number of rotatable bonds is 2. The molecule has 0 spiro atoms. The molecule has 2 N–H and O–H groups in total. The van der Waals surface area contributed by atoms with E-state index < -0.39 is 0 Å². The molecule has 2 aromatic carbocycles. The van der Waals surface area contributed by atoms with Gasteiger partial charge in [0.15, 0.2) is 0 Å². The number of aryl methyl sites for hydroxylation is 1. The molecule has 0 amide bonds. The Kier molecular flexibility index (Phi) is 3.39. The van der Waals surface area contributed by atoms with Crippen molar-refractivity contribution < 1.29 is 0 Å². The lowest BCUT2D eigenvalue weighted by Gasteiger charge is -2.13. The van der Waals surface area contributed by atoms with E-state index in [1.54, 1.807) is 0 Å². The standard InChI is InChI=1S/C15H16ClN/c1-10-8-14(17)15(16)13(11(10)2)9-12-6-4-3-5-7-12/h3-8H,9,17H2,1-2H3.